The van der Waals surface area contributed by atoms with E-state index in [1.165, 1.54) is 0 Å². The minimum absolute atomic E-state index is 0.0591. The molecule has 0 radical (unpaired) electrons. The third-order valence-electron chi connectivity index (χ3n) is 4.60. The highest BCUT2D eigenvalue weighted by molar-refractivity contribution is 7.99. The lowest BCUT2D eigenvalue weighted by atomic mass is 10.1. The Bertz CT molecular complexity index is 1050. The number of aromatic nitrogens is 4. The van der Waals surface area contributed by atoms with Crippen molar-refractivity contribution in [3.05, 3.63) is 54.1 Å². The van der Waals surface area contributed by atoms with E-state index in [0.717, 1.165) is 35.1 Å². The Balaban J connectivity index is 1.40. The maximum Gasteiger partial charge on any atom is 0.258 e. The van der Waals surface area contributed by atoms with Crippen molar-refractivity contribution in [2.24, 2.45) is 0 Å². The molecule has 0 saturated heterocycles. The van der Waals surface area contributed by atoms with Crippen LogP contribution in [-0.2, 0) is 11.3 Å². The van der Waals surface area contributed by atoms with Crippen LogP contribution in [0.2, 0.25) is 0 Å². The summed E-state index contributed by atoms with van der Waals surface area (Å²) in [4.78, 5) is 12.0. The molecule has 182 valence electrons. The molecule has 0 bridgehead atoms. The minimum atomic E-state index is -0.297. The predicted octanol–water partition coefficient (Wildman–Crippen LogP) is 3.24. The van der Waals surface area contributed by atoms with Gasteiger partial charge in [-0.3, -0.25) is 4.79 Å². The molecule has 1 aromatic heterocycles. The van der Waals surface area contributed by atoms with E-state index in [1.54, 1.807) is 23.6 Å². The molecular weight excluding hydrogens is 452 g/mol. The summed E-state index contributed by atoms with van der Waals surface area (Å²) in [6.45, 7) is 7.29. The summed E-state index contributed by atoms with van der Waals surface area (Å²) in [7, 11) is 1.59. The number of hydrogen-bond donors (Lipinski definition) is 2. The third-order valence-corrected chi connectivity index (χ3v) is 5.61. The molecule has 0 saturated carbocycles. The van der Waals surface area contributed by atoms with Crippen LogP contribution in [-0.4, -0.2) is 57.7 Å². The largest absolute Gasteiger partial charge is 0.493 e. The van der Waals surface area contributed by atoms with Crippen molar-refractivity contribution in [1.82, 2.24) is 30.8 Å². The van der Waals surface area contributed by atoms with Crippen molar-refractivity contribution in [1.29, 1.82) is 0 Å². The third kappa shape index (κ3) is 8.03. The first-order valence-electron chi connectivity index (χ1n) is 11.1. The molecule has 2 aromatic carbocycles. The van der Waals surface area contributed by atoms with Gasteiger partial charge in [0.15, 0.2) is 18.1 Å². The lowest BCUT2D eigenvalue weighted by Gasteiger charge is -2.20. The Kier molecular flexibility index (Phi) is 9.29. The van der Waals surface area contributed by atoms with Crippen LogP contribution >= 0.6 is 11.8 Å². The van der Waals surface area contributed by atoms with E-state index in [-0.39, 0.29) is 18.1 Å². The fraction of sp³-hybridized carbons (Fsp3) is 0.417. The molecule has 0 aliphatic carbocycles. The fourth-order valence-electron chi connectivity index (χ4n) is 3.13. The first-order chi connectivity index (χ1) is 16.4. The van der Waals surface area contributed by atoms with Gasteiger partial charge in [0.05, 0.1) is 12.8 Å². The maximum absolute atomic E-state index is 12.0. The zero-order valence-corrected chi connectivity index (χ0v) is 20.9. The molecule has 3 rings (SSSR count). The van der Waals surface area contributed by atoms with E-state index in [1.807, 2.05) is 69.3 Å². The van der Waals surface area contributed by atoms with Crippen LogP contribution in [0.25, 0.3) is 5.69 Å². The summed E-state index contributed by atoms with van der Waals surface area (Å²) in [5.74, 6) is 1.87. The number of carbonyl (C=O) groups is 1. The summed E-state index contributed by atoms with van der Waals surface area (Å²) in [6, 6.07) is 15.6. The molecule has 34 heavy (non-hydrogen) atoms. The van der Waals surface area contributed by atoms with Gasteiger partial charge in [-0.2, -0.15) is 4.68 Å². The number of carbonyl (C=O) groups excluding carboxylic acids is 1. The van der Waals surface area contributed by atoms with Gasteiger partial charge >= 0.3 is 0 Å². The lowest BCUT2D eigenvalue weighted by molar-refractivity contribution is -0.124. The number of nitrogens with one attached hydrogen (secondary N) is 2. The van der Waals surface area contributed by atoms with Gasteiger partial charge in [-0.1, -0.05) is 36.0 Å². The quantitative estimate of drug-likeness (QED) is 0.298. The Morgan fingerprint density at radius 1 is 1.12 bits per heavy atom. The lowest BCUT2D eigenvalue weighted by Crippen LogP contribution is -2.43. The molecule has 1 amide bonds. The molecule has 3 aromatic rings. The van der Waals surface area contributed by atoms with E-state index in [2.05, 4.69) is 26.2 Å². The van der Waals surface area contributed by atoms with E-state index in [4.69, 9.17) is 9.47 Å². The molecule has 1 heterocycles. The van der Waals surface area contributed by atoms with Gasteiger partial charge in [0.1, 0.15) is 0 Å². The zero-order chi connectivity index (χ0) is 24.4. The van der Waals surface area contributed by atoms with Crippen LogP contribution in [0.4, 0.5) is 0 Å². The molecular formula is C24H32N6O3S. The van der Waals surface area contributed by atoms with Gasteiger partial charge in [-0.25, -0.2) is 0 Å². The van der Waals surface area contributed by atoms with Crippen molar-refractivity contribution in [2.45, 2.75) is 44.4 Å². The van der Waals surface area contributed by atoms with Crippen LogP contribution < -0.4 is 20.1 Å². The standard InChI is InChI=1S/C24H32N6O3S/c1-24(2,3)26-22(31)17-33-20-12-11-18(15-21(20)32-4)16-25-13-8-14-34-23-27-28-29-30(23)19-9-6-5-7-10-19/h5-7,9-12,15,25H,8,13-14,16-17H2,1-4H3,(H,26,31). The van der Waals surface area contributed by atoms with Gasteiger partial charge < -0.3 is 20.1 Å². The van der Waals surface area contributed by atoms with Gasteiger partial charge in [-0.15, -0.1) is 5.10 Å². The van der Waals surface area contributed by atoms with Crippen molar-refractivity contribution in [3.63, 3.8) is 0 Å². The molecule has 2 N–H and O–H groups in total. The average Bonchev–Trinajstić information content (AvgIpc) is 3.28. The number of para-hydroxylation sites is 1. The van der Waals surface area contributed by atoms with Crippen LogP contribution in [0.1, 0.15) is 32.8 Å². The van der Waals surface area contributed by atoms with E-state index in [9.17, 15) is 4.79 Å². The average molecular weight is 485 g/mol. The van der Waals surface area contributed by atoms with Crippen molar-refractivity contribution in [3.8, 4) is 17.2 Å². The predicted molar refractivity (Wildman–Crippen MR) is 133 cm³/mol. The maximum atomic E-state index is 12.0. The topological polar surface area (TPSA) is 103 Å². The smallest absolute Gasteiger partial charge is 0.258 e. The second-order valence-corrected chi connectivity index (χ2v) is 9.72. The van der Waals surface area contributed by atoms with Gasteiger partial charge in [0.25, 0.3) is 5.91 Å². The number of ether oxygens (including phenoxy) is 2. The highest BCUT2D eigenvalue weighted by Crippen LogP contribution is 2.28. The Morgan fingerprint density at radius 2 is 1.91 bits per heavy atom. The van der Waals surface area contributed by atoms with E-state index in [0.29, 0.717) is 18.0 Å². The summed E-state index contributed by atoms with van der Waals surface area (Å²) < 4.78 is 12.8. The van der Waals surface area contributed by atoms with E-state index < -0.39 is 0 Å². The van der Waals surface area contributed by atoms with Crippen LogP contribution in [0, 0.1) is 0 Å². The number of amides is 1. The number of hydrogen-bond acceptors (Lipinski definition) is 8. The number of tetrazole rings is 1. The van der Waals surface area contributed by atoms with E-state index >= 15 is 0 Å². The highest BCUT2D eigenvalue weighted by atomic mass is 32.2. The molecule has 0 spiro atoms. The summed E-state index contributed by atoms with van der Waals surface area (Å²) in [5, 5.41) is 19.1. The Morgan fingerprint density at radius 3 is 2.65 bits per heavy atom. The second kappa shape index (κ2) is 12.4. The molecule has 0 unspecified atom stereocenters. The highest BCUT2D eigenvalue weighted by Gasteiger charge is 2.15. The first kappa shape index (κ1) is 25.5. The summed E-state index contributed by atoms with van der Waals surface area (Å²) in [6.07, 6.45) is 0.966. The summed E-state index contributed by atoms with van der Waals surface area (Å²) in [5.41, 5.74) is 1.73. The summed E-state index contributed by atoms with van der Waals surface area (Å²) >= 11 is 1.63. The molecule has 9 nitrogen and oxygen atoms in total. The Labute approximate surface area is 204 Å². The number of rotatable bonds is 12. The van der Waals surface area contributed by atoms with Crippen LogP contribution in [0.15, 0.2) is 53.7 Å². The fourth-order valence-corrected chi connectivity index (χ4v) is 3.96. The SMILES string of the molecule is COc1cc(CNCCCSc2nnnn2-c2ccccc2)ccc1OCC(=O)NC(C)(C)C. The number of thioether (sulfide) groups is 1. The zero-order valence-electron chi connectivity index (χ0n) is 20.1. The molecule has 0 atom stereocenters. The molecule has 10 heteroatoms. The molecule has 0 aliphatic rings. The molecule has 0 aliphatic heterocycles. The van der Waals surface area contributed by atoms with Crippen LogP contribution in [0.5, 0.6) is 11.5 Å². The number of nitrogens with zero attached hydrogens (tertiary/aromatic N) is 4. The first-order valence-corrected chi connectivity index (χ1v) is 12.1. The van der Waals surface area contributed by atoms with Crippen molar-refractivity contribution < 1.29 is 14.3 Å². The van der Waals surface area contributed by atoms with Gasteiger partial charge in [0, 0.05) is 17.8 Å². The normalized spacial score (nSPS) is 11.3. The van der Waals surface area contributed by atoms with Gasteiger partial charge in [-0.05, 0) is 74.0 Å². The van der Waals surface area contributed by atoms with Crippen molar-refractivity contribution in [2.75, 3.05) is 26.0 Å². The Hall–Kier alpha value is -3.11. The monoisotopic (exact) mass is 484 g/mol. The van der Waals surface area contributed by atoms with Crippen molar-refractivity contribution >= 4 is 17.7 Å². The van der Waals surface area contributed by atoms with Gasteiger partial charge in [0.2, 0.25) is 5.16 Å². The van der Waals surface area contributed by atoms with Crippen LogP contribution in [0.3, 0.4) is 0 Å². The minimum Gasteiger partial charge on any atom is -0.493 e. The second-order valence-electron chi connectivity index (χ2n) is 8.66. The molecule has 0 fully saturated rings. The number of methoxy groups -OCH3 is 1. The number of benzene rings is 2.